The molecule has 2 aliphatic heterocycles. The number of aliphatic imine (C=N–C) groups is 1. The summed E-state index contributed by atoms with van der Waals surface area (Å²) in [6, 6.07) is 0.573. The molecule has 2 fully saturated rings. The number of hydrogen-bond acceptors (Lipinski definition) is 4. The Morgan fingerprint density at radius 3 is 2.65 bits per heavy atom. The Labute approximate surface area is 160 Å². The number of rotatable bonds is 7. The first-order chi connectivity index (χ1) is 12.5. The molecule has 152 valence electrons. The molecule has 0 spiro atoms. The van der Waals surface area contributed by atoms with Gasteiger partial charge in [0.05, 0.1) is 12.7 Å². The lowest BCUT2D eigenvalue weighted by Gasteiger charge is -2.40. The molecule has 0 aliphatic carbocycles. The molecule has 6 nitrogen and oxygen atoms in total. The van der Waals surface area contributed by atoms with E-state index >= 15 is 0 Å². The molecule has 0 saturated carbocycles. The average Bonchev–Trinajstić information content (AvgIpc) is 3.07. The van der Waals surface area contributed by atoms with E-state index in [1.54, 1.807) is 7.11 Å². The molecular formula is C20H40N4O2. The van der Waals surface area contributed by atoms with Crippen molar-refractivity contribution in [2.24, 2.45) is 16.3 Å². The molecule has 26 heavy (non-hydrogen) atoms. The van der Waals surface area contributed by atoms with Crippen LogP contribution in [0.5, 0.6) is 0 Å². The van der Waals surface area contributed by atoms with Gasteiger partial charge < -0.3 is 20.1 Å². The minimum Gasteiger partial charge on any atom is -0.383 e. The van der Waals surface area contributed by atoms with Crippen molar-refractivity contribution in [1.29, 1.82) is 0 Å². The smallest absolute Gasteiger partial charge is 0.191 e. The van der Waals surface area contributed by atoms with Crippen LogP contribution in [-0.4, -0.2) is 76.6 Å². The minimum absolute atomic E-state index is 0.176. The second kappa shape index (κ2) is 10.5. The molecule has 0 radical (unpaired) electrons. The largest absolute Gasteiger partial charge is 0.383 e. The van der Waals surface area contributed by atoms with E-state index in [-0.39, 0.29) is 5.41 Å². The third kappa shape index (κ3) is 6.39. The normalized spacial score (nSPS) is 28.3. The molecule has 0 aromatic heterocycles. The maximum Gasteiger partial charge on any atom is 0.191 e. The van der Waals surface area contributed by atoms with Gasteiger partial charge in [-0.05, 0) is 37.6 Å². The summed E-state index contributed by atoms with van der Waals surface area (Å²) in [7, 11) is 3.63. The van der Waals surface area contributed by atoms with Crippen LogP contribution in [0, 0.1) is 11.3 Å². The van der Waals surface area contributed by atoms with Crippen molar-refractivity contribution < 1.29 is 9.47 Å². The Morgan fingerprint density at radius 1 is 1.19 bits per heavy atom. The van der Waals surface area contributed by atoms with Crippen molar-refractivity contribution in [1.82, 2.24) is 15.5 Å². The Hall–Kier alpha value is -0.850. The Balaban J connectivity index is 1.78. The third-order valence-corrected chi connectivity index (χ3v) is 5.64. The summed E-state index contributed by atoms with van der Waals surface area (Å²) in [5.41, 5.74) is 0.176. The molecule has 2 heterocycles. The van der Waals surface area contributed by atoms with Crippen molar-refractivity contribution in [2.75, 3.05) is 53.6 Å². The second-order valence-electron chi connectivity index (χ2n) is 8.72. The van der Waals surface area contributed by atoms with Crippen LogP contribution in [0.4, 0.5) is 0 Å². The molecule has 0 amide bonds. The quantitative estimate of drug-likeness (QED) is 0.532. The first kappa shape index (κ1) is 21.5. The fourth-order valence-corrected chi connectivity index (χ4v) is 4.30. The third-order valence-electron chi connectivity index (χ3n) is 5.64. The summed E-state index contributed by atoms with van der Waals surface area (Å²) in [6.45, 7) is 12.6. The summed E-state index contributed by atoms with van der Waals surface area (Å²) >= 11 is 0. The molecule has 3 atom stereocenters. The van der Waals surface area contributed by atoms with E-state index in [0.29, 0.717) is 18.1 Å². The predicted octanol–water partition coefficient (Wildman–Crippen LogP) is 2.10. The minimum atomic E-state index is 0.176. The van der Waals surface area contributed by atoms with Gasteiger partial charge in [0.25, 0.3) is 0 Å². The summed E-state index contributed by atoms with van der Waals surface area (Å²) in [6.07, 6.45) is 5.20. The highest BCUT2D eigenvalue weighted by molar-refractivity contribution is 5.79. The number of guanidine groups is 1. The van der Waals surface area contributed by atoms with Crippen molar-refractivity contribution in [3.8, 4) is 0 Å². The maximum absolute atomic E-state index is 6.09. The van der Waals surface area contributed by atoms with Gasteiger partial charge in [-0.3, -0.25) is 9.89 Å². The van der Waals surface area contributed by atoms with E-state index in [4.69, 9.17) is 9.47 Å². The van der Waals surface area contributed by atoms with E-state index in [2.05, 4.69) is 41.3 Å². The molecule has 0 aromatic rings. The van der Waals surface area contributed by atoms with Crippen LogP contribution in [0.15, 0.2) is 4.99 Å². The highest BCUT2D eigenvalue weighted by atomic mass is 16.5. The fourth-order valence-electron chi connectivity index (χ4n) is 4.30. The summed E-state index contributed by atoms with van der Waals surface area (Å²) in [5.74, 6) is 1.44. The summed E-state index contributed by atoms with van der Waals surface area (Å²) in [4.78, 5) is 6.94. The second-order valence-corrected chi connectivity index (χ2v) is 8.72. The zero-order chi connectivity index (χ0) is 19.0. The van der Waals surface area contributed by atoms with Gasteiger partial charge in [0.2, 0.25) is 0 Å². The number of methoxy groups -OCH3 is 1. The zero-order valence-electron chi connectivity index (χ0n) is 17.5. The van der Waals surface area contributed by atoms with Gasteiger partial charge in [-0.25, -0.2) is 0 Å². The number of nitrogens with one attached hydrogen (secondary N) is 2. The standard InChI is InChI=1S/C20H40N4O2/c1-20(2,3)18-16(8-7-12-26-18)14-22-19(21-4)23-15-17-9-6-10-24(17)11-13-25-5/h16-18H,6-15H2,1-5H3,(H2,21,22,23). The molecule has 2 aliphatic rings. The highest BCUT2D eigenvalue weighted by Crippen LogP contribution is 2.33. The monoisotopic (exact) mass is 368 g/mol. The molecule has 2 saturated heterocycles. The van der Waals surface area contributed by atoms with Crippen LogP contribution in [0.3, 0.4) is 0 Å². The number of hydrogen-bond donors (Lipinski definition) is 2. The lowest BCUT2D eigenvalue weighted by atomic mass is 9.78. The molecular weight excluding hydrogens is 328 g/mol. The van der Waals surface area contributed by atoms with Crippen molar-refractivity contribution in [2.45, 2.75) is 58.6 Å². The van der Waals surface area contributed by atoms with Gasteiger partial charge in [-0.1, -0.05) is 20.8 Å². The molecule has 2 rings (SSSR count). The fraction of sp³-hybridized carbons (Fsp3) is 0.950. The summed E-state index contributed by atoms with van der Waals surface area (Å²) in [5, 5.41) is 7.07. The van der Waals surface area contributed by atoms with Gasteiger partial charge in [0.1, 0.15) is 0 Å². The molecule has 0 bridgehead atoms. The topological polar surface area (TPSA) is 58.1 Å². The first-order valence-corrected chi connectivity index (χ1v) is 10.2. The van der Waals surface area contributed by atoms with Crippen LogP contribution >= 0.6 is 0 Å². The van der Waals surface area contributed by atoms with Gasteiger partial charge >= 0.3 is 0 Å². The number of likely N-dealkylation sites (tertiary alicyclic amines) is 1. The first-order valence-electron chi connectivity index (χ1n) is 10.2. The number of nitrogens with zero attached hydrogens (tertiary/aromatic N) is 2. The molecule has 0 aromatic carbocycles. The van der Waals surface area contributed by atoms with E-state index in [1.165, 1.54) is 25.8 Å². The van der Waals surface area contributed by atoms with E-state index < -0.39 is 0 Å². The van der Waals surface area contributed by atoms with Crippen molar-refractivity contribution in [3.05, 3.63) is 0 Å². The van der Waals surface area contributed by atoms with Gasteiger partial charge in [-0.15, -0.1) is 0 Å². The van der Waals surface area contributed by atoms with E-state index in [9.17, 15) is 0 Å². The SMILES string of the molecule is CN=C(NCC1CCCOC1C(C)(C)C)NCC1CCCN1CCOC. The Morgan fingerprint density at radius 2 is 1.96 bits per heavy atom. The molecule has 6 heteroatoms. The molecule has 2 N–H and O–H groups in total. The predicted molar refractivity (Wildman–Crippen MR) is 108 cm³/mol. The van der Waals surface area contributed by atoms with Gasteiger partial charge in [0.15, 0.2) is 5.96 Å². The maximum atomic E-state index is 6.09. The lowest BCUT2D eigenvalue weighted by Crippen LogP contribution is -2.49. The van der Waals surface area contributed by atoms with Gasteiger partial charge in [-0.2, -0.15) is 0 Å². The Kier molecular flexibility index (Phi) is 8.64. The lowest BCUT2D eigenvalue weighted by molar-refractivity contribution is -0.0835. The number of ether oxygens (including phenoxy) is 2. The highest BCUT2D eigenvalue weighted by Gasteiger charge is 2.35. The Bertz CT molecular complexity index is 436. The van der Waals surface area contributed by atoms with E-state index in [0.717, 1.165) is 45.2 Å². The van der Waals surface area contributed by atoms with Crippen LogP contribution in [0.1, 0.15) is 46.5 Å². The zero-order valence-corrected chi connectivity index (χ0v) is 17.5. The van der Waals surface area contributed by atoms with Crippen LogP contribution in [0.25, 0.3) is 0 Å². The summed E-state index contributed by atoms with van der Waals surface area (Å²) < 4.78 is 11.3. The molecule has 3 unspecified atom stereocenters. The van der Waals surface area contributed by atoms with Crippen LogP contribution < -0.4 is 10.6 Å². The van der Waals surface area contributed by atoms with Crippen LogP contribution in [-0.2, 0) is 9.47 Å². The van der Waals surface area contributed by atoms with Crippen molar-refractivity contribution >= 4 is 5.96 Å². The van der Waals surface area contributed by atoms with Crippen molar-refractivity contribution in [3.63, 3.8) is 0 Å². The van der Waals surface area contributed by atoms with E-state index in [1.807, 2.05) is 7.05 Å². The van der Waals surface area contributed by atoms with Crippen LogP contribution in [0.2, 0.25) is 0 Å². The average molecular weight is 369 g/mol. The van der Waals surface area contributed by atoms with Gasteiger partial charge in [0, 0.05) is 52.4 Å².